The second-order valence-electron chi connectivity index (χ2n) is 3.07. The highest BCUT2D eigenvalue weighted by atomic mass is 14.9. The van der Waals surface area contributed by atoms with Gasteiger partial charge in [0.05, 0.1) is 0 Å². The van der Waals surface area contributed by atoms with E-state index in [1.807, 2.05) is 20.9 Å². The lowest BCUT2D eigenvalue weighted by atomic mass is 9.98. The molecule has 0 aromatic heterocycles. The van der Waals surface area contributed by atoms with Gasteiger partial charge in [0.25, 0.3) is 0 Å². The Morgan fingerprint density at radius 1 is 1.15 bits per heavy atom. The summed E-state index contributed by atoms with van der Waals surface area (Å²) in [5, 5.41) is 6.66. The Kier molecular flexibility index (Phi) is 14.1. The summed E-state index contributed by atoms with van der Waals surface area (Å²) in [7, 11) is 2.02. The van der Waals surface area contributed by atoms with Crippen molar-refractivity contribution in [1.29, 1.82) is 0 Å². The van der Waals surface area contributed by atoms with Gasteiger partial charge in [0.1, 0.15) is 0 Å². The molecule has 0 aromatic carbocycles. The van der Waals surface area contributed by atoms with Gasteiger partial charge in [0.15, 0.2) is 0 Å². The Bertz CT molecular complexity index is 84.2. The predicted octanol–water partition coefficient (Wildman–Crippen LogP) is 2.26. The van der Waals surface area contributed by atoms with Gasteiger partial charge in [0.2, 0.25) is 0 Å². The minimum absolute atomic E-state index is 0.637. The zero-order valence-electron chi connectivity index (χ0n) is 10.3. The van der Waals surface area contributed by atoms with Crippen molar-refractivity contribution in [2.24, 2.45) is 5.92 Å². The van der Waals surface area contributed by atoms with Gasteiger partial charge >= 0.3 is 0 Å². The van der Waals surface area contributed by atoms with Crippen molar-refractivity contribution < 1.29 is 0 Å². The zero-order chi connectivity index (χ0) is 10.7. The Balaban J connectivity index is 0. The molecule has 0 rings (SSSR count). The van der Waals surface area contributed by atoms with Crippen LogP contribution in [0.1, 0.15) is 41.0 Å². The largest absolute Gasteiger partial charge is 0.319 e. The summed E-state index contributed by atoms with van der Waals surface area (Å²) in [5.74, 6) is 0.764. The molecule has 0 aliphatic carbocycles. The molecule has 2 nitrogen and oxygen atoms in total. The molecule has 0 bridgehead atoms. The van der Waals surface area contributed by atoms with Crippen LogP contribution in [0.5, 0.6) is 0 Å². The van der Waals surface area contributed by atoms with Crippen LogP contribution in [0, 0.1) is 5.92 Å². The second-order valence-corrected chi connectivity index (χ2v) is 3.07. The molecule has 0 aliphatic rings. The van der Waals surface area contributed by atoms with Gasteiger partial charge in [-0.15, -0.1) is 0 Å². The number of nitrogens with one attached hydrogen (secondary N) is 2. The van der Waals surface area contributed by atoms with Crippen LogP contribution in [-0.2, 0) is 0 Å². The highest BCUT2D eigenvalue weighted by Gasteiger charge is 2.12. The monoisotopic (exact) mass is 188 g/mol. The van der Waals surface area contributed by atoms with Crippen molar-refractivity contribution in [2.45, 2.75) is 47.1 Å². The van der Waals surface area contributed by atoms with Crippen molar-refractivity contribution in [1.82, 2.24) is 10.6 Å². The van der Waals surface area contributed by atoms with E-state index in [1.165, 1.54) is 6.42 Å². The van der Waals surface area contributed by atoms with Gasteiger partial charge < -0.3 is 10.6 Å². The molecule has 2 atom stereocenters. The highest BCUT2D eigenvalue weighted by Crippen LogP contribution is 2.06. The van der Waals surface area contributed by atoms with E-state index in [0.717, 1.165) is 19.0 Å². The van der Waals surface area contributed by atoms with Crippen molar-refractivity contribution in [2.75, 3.05) is 20.1 Å². The van der Waals surface area contributed by atoms with E-state index in [2.05, 4.69) is 31.4 Å². The van der Waals surface area contributed by atoms with E-state index in [1.54, 1.807) is 0 Å². The summed E-state index contributed by atoms with van der Waals surface area (Å²) in [4.78, 5) is 0. The van der Waals surface area contributed by atoms with Gasteiger partial charge in [-0.05, 0) is 33.0 Å². The van der Waals surface area contributed by atoms with Crippen LogP contribution in [0.2, 0.25) is 0 Å². The lowest BCUT2D eigenvalue weighted by molar-refractivity contribution is 0.360. The molecule has 2 heteroatoms. The Morgan fingerprint density at radius 3 is 2.00 bits per heavy atom. The molecule has 0 heterocycles. The lowest BCUT2D eigenvalue weighted by Crippen LogP contribution is -2.37. The van der Waals surface area contributed by atoms with E-state index in [9.17, 15) is 0 Å². The molecule has 0 aliphatic heterocycles. The third-order valence-corrected chi connectivity index (χ3v) is 2.22. The van der Waals surface area contributed by atoms with Gasteiger partial charge in [-0.2, -0.15) is 0 Å². The van der Waals surface area contributed by atoms with Crippen molar-refractivity contribution in [3.63, 3.8) is 0 Å². The molecule has 0 saturated carbocycles. The first-order valence-corrected chi connectivity index (χ1v) is 5.64. The summed E-state index contributed by atoms with van der Waals surface area (Å²) in [6.07, 6.45) is 1.25. The van der Waals surface area contributed by atoms with Crippen LogP contribution in [-0.4, -0.2) is 26.2 Å². The van der Waals surface area contributed by atoms with Gasteiger partial charge in [-0.25, -0.2) is 0 Å². The molecular formula is C11H28N2. The molecule has 13 heavy (non-hydrogen) atoms. The standard InChI is InChI=1S/C9H22N2.C2H6/c1-5-9(7-10-4)8(3)11-6-2;1-2/h8-11H,5-7H2,1-4H3;1-2H3. The lowest BCUT2D eigenvalue weighted by Gasteiger charge is -2.22. The molecule has 0 radical (unpaired) electrons. The van der Waals surface area contributed by atoms with Crippen LogP contribution < -0.4 is 10.6 Å². The maximum absolute atomic E-state index is 3.44. The minimum atomic E-state index is 0.637. The van der Waals surface area contributed by atoms with E-state index >= 15 is 0 Å². The first-order chi connectivity index (χ1) is 6.26. The molecule has 0 aromatic rings. The smallest absolute Gasteiger partial charge is 0.00788 e. The minimum Gasteiger partial charge on any atom is -0.319 e. The molecule has 82 valence electrons. The number of rotatable bonds is 6. The summed E-state index contributed by atoms with van der Waals surface area (Å²) < 4.78 is 0. The summed E-state index contributed by atoms with van der Waals surface area (Å²) >= 11 is 0. The third kappa shape index (κ3) is 8.26. The summed E-state index contributed by atoms with van der Waals surface area (Å²) in [6.45, 7) is 12.8. The van der Waals surface area contributed by atoms with Gasteiger partial charge in [-0.3, -0.25) is 0 Å². The Labute approximate surface area is 84.5 Å². The molecule has 0 amide bonds. The van der Waals surface area contributed by atoms with E-state index < -0.39 is 0 Å². The van der Waals surface area contributed by atoms with Crippen molar-refractivity contribution in [3.05, 3.63) is 0 Å². The molecule has 0 spiro atoms. The van der Waals surface area contributed by atoms with Crippen LogP contribution in [0.4, 0.5) is 0 Å². The number of hydrogen-bond acceptors (Lipinski definition) is 2. The molecule has 2 unspecified atom stereocenters. The fourth-order valence-corrected chi connectivity index (χ4v) is 1.43. The average Bonchev–Trinajstić information content (AvgIpc) is 2.17. The number of hydrogen-bond donors (Lipinski definition) is 2. The van der Waals surface area contributed by atoms with Crippen LogP contribution in [0.3, 0.4) is 0 Å². The third-order valence-electron chi connectivity index (χ3n) is 2.22. The quantitative estimate of drug-likeness (QED) is 0.668. The van der Waals surface area contributed by atoms with Crippen LogP contribution in [0.25, 0.3) is 0 Å². The Morgan fingerprint density at radius 2 is 1.69 bits per heavy atom. The normalized spacial score (nSPS) is 14.3. The van der Waals surface area contributed by atoms with E-state index in [0.29, 0.717) is 6.04 Å². The van der Waals surface area contributed by atoms with E-state index in [4.69, 9.17) is 0 Å². The second kappa shape index (κ2) is 11.9. The summed E-state index contributed by atoms with van der Waals surface area (Å²) in [5.41, 5.74) is 0. The summed E-state index contributed by atoms with van der Waals surface area (Å²) in [6, 6.07) is 0.637. The first-order valence-electron chi connectivity index (χ1n) is 5.64. The molecular weight excluding hydrogens is 160 g/mol. The Hall–Kier alpha value is -0.0800. The first kappa shape index (κ1) is 15.4. The maximum atomic E-state index is 3.44. The average molecular weight is 188 g/mol. The fraction of sp³-hybridized carbons (Fsp3) is 1.00. The zero-order valence-corrected chi connectivity index (χ0v) is 10.3. The fourth-order valence-electron chi connectivity index (χ4n) is 1.43. The maximum Gasteiger partial charge on any atom is 0.00788 e. The van der Waals surface area contributed by atoms with E-state index in [-0.39, 0.29) is 0 Å². The van der Waals surface area contributed by atoms with Crippen LogP contribution in [0.15, 0.2) is 0 Å². The molecule has 2 N–H and O–H groups in total. The highest BCUT2D eigenvalue weighted by molar-refractivity contribution is 4.71. The topological polar surface area (TPSA) is 24.1 Å². The van der Waals surface area contributed by atoms with Gasteiger partial charge in [0, 0.05) is 6.04 Å². The van der Waals surface area contributed by atoms with Crippen molar-refractivity contribution >= 4 is 0 Å². The predicted molar refractivity (Wildman–Crippen MR) is 62.2 cm³/mol. The van der Waals surface area contributed by atoms with Crippen molar-refractivity contribution in [3.8, 4) is 0 Å². The SMILES string of the molecule is CC.CCNC(C)C(CC)CNC. The molecule has 0 saturated heterocycles. The molecule has 0 fully saturated rings. The van der Waals surface area contributed by atoms with Gasteiger partial charge in [-0.1, -0.05) is 34.1 Å². The van der Waals surface area contributed by atoms with Crippen LogP contribution >= 0.6 is 0 Å².